The highest BCUT2D eigenvalue weighted by molar-refractivity contribution is 6.04. The van der Waals surface area contributed by atoms with Crippen molar-refractivity contribution in [3.05, 3.63) is 65.0 Å². The fourth-order valence-corrected chi connectivity index (χ4v) is 1.96. The van der Waals surface area contributed by atoms with Crippen LogP contribution in [0.4, 0.5) is 10.1 Å². The van der Waals surface area contributed by atoms with Crippen LogP contribution in [0.2, 0.25) is 0 Å². The number of anilines is 1. The molecule has 2 rings (SSSR count). The summed E-state index contributed by atoms with van der Waals surface area (Å²) >= 11 is 0. The standard InChI is InChI=1S/C17H16FN3O3/c1-10-8-12(4-7-14(10)18)17(24)21-13-5-2-11(3-6-13)16(23)20-9-15(19)22/h2-8H,9H2,1H3,(H2,19,22)(H,20,23)(H,21,24). The van der Waals surface area contributed by atoms with E-state index >= 15 is 0 Å². The van der Waals surface area contributed by atoms with Crippen molar-refractivity contribution in [3.63, 3.8) is 0 Å². The lowest BCUT2D eigenvalue weighted by atomic mass is 10.1. The second-order valence-corrected chi connectivity index (χ2v) is 5.14. The number of rotatable bonds is 5. The summed E-state index contributed by atoms with van der Waals surface area (Å²) in [4.78, 5) is 34.5. The van der Waals surface area contributed by atoms with E-state index in [-0.39, 0.29) is 18.3 Å². The van der Waals surface area contributed by atoms with Crippen molar-refractivity contribution in [2.45, 2.75) is 6.92 Å². The number of nitrogens with one attached hydrogen (secondary N) is 2. The smallest absolute Gasteiger partial charge is 0.255 e. The molecule has 0 saturated carbocycles. The molecule has 2 aromatic rings. The summed E-state index contributed by atoms with van der Waals surface area (Å²) in [6.07, 6.45) is 0. The van der Waals surface area contributed by atoms with Gasteiger partial charge in [0.15, 0.2) is 0 Å². The third kappa shape index (κ3) is 4.39. The molecule has 7 heteroatoms. The van der Waals surface area contributed by atoms with Crippen molar-refractivity contribution < 1.29 is 18.8 Å². The molecule has 0 aliphatic heterocycles. The molecular weight excluding hydrogens is 313 g/mol. The Kier molecular flexibility index (Phi) is 5.26. The Bertz CT molecular complexity index is 788. The van der Waals surface area contributed by atoms with Gasteiger partial charge in [0.25, 0.3) is 11.8 Å². The first kappa shape index (κ1) is 17.1. The maximum Gasteiger partial charge on any atom is 0.255 e. The van der Waals surface area contributed by atoms with E-state index in [0.717, 1.165) is 0 Å². The van der Waals surface area contributed by atoms with Gasteiger partial charge in [-0.05, 0) is 55.0 Å². The SMILES string of the molecule is Cc1cc(C(=O)Nc2ccc(C(=O)NCC(N)=O)cc2)ccc1F. The molecule has 0 unspecified atom stereocenters. The number of nitrogens with two attached hydrogens (primary N) is 1. The summed E-state index contributed by atoms with van der Waals surface area (Å²) in [5.41, 5.74) is 6.46. The molecule has 3 amide bonds. The zero-order chi connectivity index (χ0) is 17.7. The highest BCUT2D eigenvalue weighted by Crippen LogP contribution is 2.14. The van der Waals surface area contributed by atoms with Gasteiger partial charge >= 0.3 is 0 Å². The van der Waals surface area contributed by atoms with Crippen LogP contribution in [0, 0.1) is 12.7 Å². The minimum atomic E-state index is -0.637. The molecule has 0 radical (unpaired) electrons. The van der Waals surface area contributed by atoms with Gasteiger partial charge in [0.05, 0.1) is 6.54 Å². The first-order chi connectivity index (χ1) is 11.4. The summed E-state index contributed by atoms with van der Waals surface area (Å²) in [6, 6.07) is 10.2. The van der Waals surface area contributed by atoms with Crippen LogP contribution in [0.15, 0.2) is 42.5 Å². The van der Waals surface area contributed by atoms with Gasteiger partial charge in [0, 0.05) is 16.8 Å². The molecule has 0 heterocycles. The van der Waals surface area contributed by atoms with Gasteiger partial charge in [-0.2, -0.15) is 0 Å². The molecule has 0 spiro atoms. The van der Waals surface area contributed by atoms with E-state index in [0.29, 0.717) is 22.4 Å². The molecule has 6 nitrogen and oxygen atoms in total. The number of hydrogen-bond acceptors (Lipinski definition) is 3. The summed E-state index contributed by atoms with van der Waals surface area (Å²) < 4.78 is 13.2. The van der Waals surface area contributed by atoms with Gasteiger partial charge in [-0.3, -0.25) is 14.4 Å². The average molecular weight is 329 g/mol. The van der Waals surface area contributed by atoms with Crippen molar-refractivity contribution in [1.82, 2.24) is 5.32 Å². The minimum absolute atomic E-state index is 0.249. The van der Waals surface area contributed by atoms with E-state index in [2.05, 4.69) is 10.6 Å². The number of carbonyl (C=O) groups is 3. The number of primary amides is 1. The Morgan fingerprint density at radius 3 is 2.21 bits per heavy atom. The van der Waals surface area contributed by atoms with Gasteiger partial charge < -0.3 is 16.4 Å². The Balaban J connectivity index is 2.03. The highest BCUT2D eigenvalue weighted by Gasteiger charge is 2.10. The minimum Gasteiger partial charge on any atom is -0.368 e. The predicted octanol–water partition coefficient (Wildman–Crippen LogP) is 1.60. The zero-order valence-electron chi connectivity index (χ0n) is 12.9. The van der Waals surface area contributed by atoms with E-state index in [4.69, 9.17) is 5.73 Å². The molecule has 24 heavy (non-hydrogen) atoms. The Morgan fingerprint density at radius 2 is 1.62 bits per heavy atom. The normalized spacial score (nSPS) is 10.1. The van der Waals surface area contributed by atoms with Crippen LogP contribution in [0.5, 0.6) is 0 Å². The van der Waals surface area contributed by atoms with E-state index in [1.165, 1.54) is 30.3 Å². The monoisotopic (exact) mass is 329 g/mol. The summed E-state index contributed by atoms with van der Waals surface area (Å²) in [6.45, 7) is 1.33. The molecular formula is C17H16FN3O3. The molecule has 0 aromatic heterocycles. The van der Waals surface area contributed by atoms with E-state index in [1.807, 2.05) is 0 Å². The molecule has 0 saturated heterocycles. The van der Waals surface area contributed by atoms with Gasteiger partial charge in [-0.25, -0.2) is 4.39 Å². The molecule has 4 N–H and O–H groups in total. The second kappa shape index (κ2) is 7.36. The van der Waals surface area contributed by atoms with Crippen molar-refractivity contribution >= 4 is 23.4 Å². The fourth-order valence-electron chi connectivity index (χ4n) is 1.96. The van der Waals surface area contributed by atoms with E-state index < -0.39 is 11.8 Å². The Morgan fingerprint density at radius 1 is 1.00 bits per heavy atom. The van der Waals surface area contributed by atoms with Crippen LogP contribution in [-0.4, -0.2) is 24.3 Å². The largest absolute Gasteiger partial charge is 0.368 e. The second-order valence-electron chi connectivity index (χ2n) is 5.14. The number of halogens is 1. The molecule has 0 bridgehead atoms. The molecule has 0 aliphatic rings. The summed E-state index contributed by atoms with van der Waals surface area (Å²) in [5, 5.41) is 5.01. The first-order valence-corrected chi connectivity index (χ1v) is 7.11. The topological polar surface area (TPSA) is 101 Å². The van der Waals surface area contributed by atoms with Crippen LogP contribution >= 0.6 is 0 Å². The zero-order valence-corrected chi connectivity index (χ0v) is 12.9. The average Bonchev–Trinajstić information content (AvgIpc) is 2.55. The van der Waals surface area contributed by atoms with Crippen LogP contribution in [0.1, 0.15) is 26.3 Å². The van der Waals surface area contributed by atoms with Crippen molar-refractivity contribution in [3.8, 4) is 0 Å². The molecule has 2 aromatic carbocycles. The summed E-state index contributed by atoms with van der Waals surface area (Å²) in [5.74, 6) is -1.84. The van der Waals surface area contributed by atoms with Gasteiger partial charge in [0.2, 0.25) is 5.91 Å². The van der Waals surface area contributed by atoms with Crippen LogP contribution < -0.4 is 16.4 Å². The molecule has 0 fully saturated rings. The van der Waals surface area contributed by atoms with E-state index in [9.17, 15) is 18.8 Å². The van der Waals surface area contributed by atoms with E-state index in [1.54, 1.807) is 19.1 Å². The van der Waals surface area contributed by atoms with Crippen molar-refractivity contribution in [1.29, 1.82) is 0 Å². The van der Waals surface area contributed by atoms with Crippen LogP contribution in [-0.2, 0) is 4.79 Å². The lowest BCUT2D eigenvalue weighted by molar-refractivity contribution is -0.117. The molecule has 0 atom stereocenters. The predicted molar refractivity (Wildman–Crippen MR) is 87.1 cm³/mol. The number of carbonyl (C=O) groups excluding carboxylic acids is 3. The number of benzene rings is 2. The Hall–Kier alpha value is -3.22. The third-order valence-corrected chi connectivity index (χ3v) is 3.25. The van der Waals surface area contributed by atoms with Crippen molar-refractivity contribution in [2.75, 3.05) is 11.9 Å². The summed E-state index contributed by atoms with van der Waals surface area (Å²) in [7, 11) is 0. The maximum absolute atomic E-state index is 13.2. The lowest BCUT2D eigenvalue weighted by Gasteiger charge is -2.08. The third-order valence-electron chi connectivity index (χ3n) is 3.25. The molecule has 124 valence electrons. The highest BCUT2D eigenvalue weighted by atomic mass is 19.1. The maximum atomic E-state index is 13.2. The van der Waals surface area contributed by atoms with Crippen LogP contribution in [0.3, 0.4) is 0 Å². The number of amides is 3. The first-order valence-electron chi connectivity index (χ1n) is 7.11. The van der Waals surface area contributed by atoms with Gasteiger partial charge in [-0.1, -0.05) is 0 Å². The van der Waals surface area contributed by atoms with Gasteiger partial charge in [-0.15, -0.1) is 0 Å². The molecule has 0 aliphatic carbocycles. The fraction of sp³-hybridized carbons (Fsp3) is 0.118. The number of aryl methyl sites for hydroxylation is 1. The van der Waals surface area contributed by atoms with Gasteiger partial charge in [0.1, 0.15) is 5.82 Å². The Labute approximate surface area is 137 Å². The van der Waals surface area contributed by atoms with Crippen LogP contribution in [0.25, 0.3) is 0 Å². The van der Waals surface area contributed by atoms with Crippen molar-refractivity contribution in [2.24, 2.45) is 5.73 Å². The lowest BCUT2D eigenvalue weighted by Crippen LogP contribution is -2.33. The number of hydrogen-bond donors (Lipinski definition) is 3. The quantitative estimate of drug-likeness (QED) is 0.776.